The first kappa shape index (κ1) is 19.7. The average molecular weight is 392 g/mol. The summed E-state index contributed by atoms with van der Waals surface area (Å²) in [4.78, 5) is 19.8. The molecule has 148 valence electrons. The van der Waals surface area contributed by atoms with Crippen LogP contribution in [0.3, 0.4) is 0 Å². The standard InChI is InChI=1S/C19H19F3N4O2/c1-4-11(2)17(27)25-16-8-5-12(10-23-16)26-15-7-6-13(28-3)9-14(15)24-18(26)19(20,21)22/h5-11H,4H2,1-3H3,(H,23,25,27). The third kappa shape index (κ3) is 3.78. The van der Waals surface area contributed by atoms with Gasteiger partial charge in [0.15, 0.2) is 0 Å². The first-order valence-corrected chi connectivity index (χ1v) is 8.65. The molecule has 1 aromatic carbocycles. The van der Waals surface area contributed by atoms with E-state index < -0.39 is 12.0 Å². The van der Waals surface area contributed by atoms with Crippen molar-refractivity contribution in [3.63, 3.8) is 0 Å². The summed E-state index contributed by atoms with van der Waals surface area (Å²) < 4.78 is 46.7. The highest BCUT2D eigenvalue weighted by Crippen LogP contribution is 2.34. The first-order valence-electron chi connectivity index (χ1n) is 8.65. The molecule has 0 saturated carbocycles. The monoisotopic (exact) mass is 392 g/mol. The number of pyridine rings is 1. The molecule has 6 nitrogen and oxygen atoms in total. The van der Waals surface area contributed by atoms with Crippen molar-refractivity contribution in [3.8, 4) is 11.4 Å². The second-order valence-electron chi connectivity index (χ2n) is 6.32. The molecule has 3 rings (SSSR count). The van der Waals surface area contributed by atoms with E-state index in [0.29, 0.717) is 12.2 Å². The second kappa shape index (κ2) is 7.49. The third-order valence-corrected chi connectivity index (χ3v) is 4.43. The van der Waals surface area contributed by atoms with Gasteiger partial charge in [-0.15, -0.1) is 0 Å². The number of alkyl halides is 3. The van der Waals surface area contributed by atoms with E-state index in [2.05, 4.69) is 15.3 Å². The van der Waals surface area contributed by atoms with Crippen molar-refractivity contribution in [1.82, 2.24) is 14.5 Å². The SMILES string of the molecule is CCC(C)C(=O)Nc1ccc(-n2c(C(F)(F)F)nc3cc(OC)ccc32)cn1. The number of carbonyl (C=O) groups is 1. The highest BCUT2D eigenvalue weighted by molar-refractivity contribution is 5.91. The fraction of sp³-hybridized carbons (Fsp3) is 0.316. The number of benzene rings is 1. The molecule has 1 atom stereocenters. The fourth-order valence-electron chi connectivity index (χ4n) is 2.67. The molecule has 0 bridgehead atoms. The molecule has 0 radical (unpaired) electrons. The number of halogens is 3. The van der Waals surface area contributed by atoms with Crippen LogP contribution in [0.2, 0.25) is 0 Å². The molecule has 1 unspecified atom stereocenters. The zero-order chi connectivity index (χ0) is 20.5. The van der Waals surface area contributed by atoms with Crippen molar-refractivity contribution in [3.05, 3.63) is 42.4 Å². The molecule has 0 fully saturated rings. The van der Waals surface area contributed by atoms with Gasteiger partial charge in [-0.05, 0) is 30.7 Å². The number of amides is 1. The number of methoxy groups -OCH3 is 1. The minimum atomic E-state index is -4.66. The number of nitrogens with zero attached hydrogens (tertiary/aromatic N) is 3. The molecule has 0 aliphatic heterocycles. The normalized spacial score (nSPS) is 12.8. The molecule has 0 aliphatic carbocycles. The largest absolute Gasteiger partial charge is 0.497 e. The van der Waals surface area contributed by atoms with Crippen LogP contribution in [0, 0.1) is 5.92 Å². The van der Waals surface area contributed by atoms with Crippen LogP contribution in [0.25, 0.3) is 16.7 Å². The Bertz CT molecular complexity index is 997. The van der Waals surface area contributed by atoms with Gasteiger partial charge in [-0.3, -0.25) is 9.36 Å². The van der Waals surface area contributed by atoms with Crippen molar-refractivity contribution in [1.29, 1.82) is 0 Å². The summed E-state index contributed by atoms with van der Waals surface area (Å²) in [5.41, 5.74) is 0.605. The number of nitrogens with one attached hydrogen (secondary N) is 1. The van der Waals surface area contributed by atoms with E-state index in [1.807, 2.05) is 6.92 Å². The predicted octanol–water partition coefficient (Wildman–Crippen LogP) is 4.43. The minimum Gasteiger partial charge on any atom is -0.497 e. The Hall–Kier alpha value is -3.10. The summed E-state index contributed by atoms with van der Waals surface area (Å²) >= 11 is 0. The summed E-state index contributed by atoms with van der Waals surface area (Å²) in [6, 6.07) is 7.43. The molecule has 2 aromatic heterocycles. The third-order valence-electron chi connectivity index (χ3n) is 4.43. The topological polar surface area (TPSA) is 69.0 Å². The summed E-state index contributed by atoms with van der Waals surface area (Å²) in [6.07, 6.45) is -2.72. The van der Waals surface area contributed by atoms with Crippen LogP contribution in [0.4, 0.5) is 19.0 Å². The molecule has 2 heterocycles. The van der Waals surface area contributed by atoms with Gasteiger partial charge in [0.05, 0.1) is 30.0 Å². The molecule has 0 saturated heterocycles. The van der Waals surface area contributed by atoms with E-state index in [9.17, 15) is 18.0 Å². The minimum absolute atomic E-state index is 0.154. The Morgan fingerprint density at radius 3 is 2.61 bits per heavy atom. The molecule has 3 aromatic rings. The Morgan fingerprint density at radius 1 is 1.29 bits per heavy atom. The van der Waals surface area contributed by atoms with Gasteiger partial charge in [0.25, 0.3) is 0 Å². The van der Waals surface area contributed by atoms with E-state index in [-0.39, 0.29) is 34.4 Å². The maximum Gasteiger partial charge on any atom is 0.450 e. The van der Waals surface area contributed by atoms with Crippen LogP contribution in [0.1, 0.15) is 26.1 Å². The number of rotatable bonds is 5. The highest BCUT2D eigenvalue weighted by Gasteiger charge is 2.38. The van der Waals surface area contributed by atoms with Gasteiger partial charge in [0.2, 0.25) is 11.7 Å². The molecule has 28 heavy (non-hydrogen) atoms. The average Bonchev–Trinajstić information content (AvgIpc) is 3.07. The van der Waals surface area contributed by atoms with Gasteiger partial charge in [-0.1, -0.05) is 13.8 Å². The summed E-state index contributed by atoms with van der Waals surface area (Å²) in [5.74, 6) is -0.764. The maximum atomic E-state index is 13.5. The van der Waals surface area contributed by atoms with Crippen LogP contribution in [-0.2, 0) is 11.0 Å². The maximum absolute atomic E-state index is 13.5. The number of carbonyl (C=O) groups excluding carboxylic acids is 1. The molecule has 1 amide bonds. The molecule has 9 heteroatoms. The van der Waals surface area contributed by atoms with E-state index in [1.54, 1.807) is 13.0 Å². The molecule has 1 N–H and O–H groups in total. The highest BCUT2D eigenvalue weighted by atomic mass is 19.4. The van der Waals surface area contributed by atoms with Crippen molar-refractivity contribution < 1.29 is 22.7 Å². The van der Waals surface area contributed by atoms with Crippen molar-refractivity contribution in [2.75, 3.05) is 12.4 Å². The second-order valence-corrected chi connectivity index (χ2v) is 6.32. The number of fused-ring (bicyclic) bond motifs is 1. The lowest BCUT2D eigenvalue weighted by Crippen LogP contribution is -2.20. The summed E-state index contributed by atoms with van der Waals surface area (Å²) in [6.45, 7) is 3.67. The number of aromatic nitrogens is 3. The molecular weight excluding hydrogens is 373 g/mol. The summed E-state index contributed by atoms with van der Waals surface area (Å²) in [7, 11) is 1.43. The van der Waals surface area contributed by atoms with E-state index >= 15 is 0 Å². The molecule has 0 spiro atoms. The first-order chi connectivity index (χ1) is 13.2. The number of anilines is 1. The zero-order valence-electron chi connectivity index (χ0n) is 15.5. The zero-order valence-corrected chi connectivity index (χ0v) is 15.5. The van der Waals surface area contributed by atoms with E-state index in [1.165, 1.54) is 37.6 Å². The quantitative estimate of drug-likeness (QED) is 0.697. The van der Waals surface area contributed by atoms with Crippen LogP contribution in [-0.4, -0.2) is 27.6 Å². The van der Waals surface area contributed by atoms with Gasteiger partial charge in [0.1, 0.15) is 11.6 Å². The van der Waals surface area contributed by atoms with Crippen molar-refractivity contribution in [2.24, 2.45) is 5.92 Å². The number of hydrogen-bond donors (Lipinski definition) is 1. The van der Waals surface area contributed by atoms with Crippen LogP contribution < -0.4 is 10.1 Å². The fourth-order valence-corrected chi connectivity index (χ4v) is 2.67. The number of ether oxygens (including phenoxy) is 1. The smallest absolute Gasteiger partial charge is 0.450 e. The lowest BCUT2D eigenvalue weighted by molar-refractivity contribution is -0.145. The van der Waals surface area contributed by atoms with Gasteiger partial charge < -0.3 is 10.1 Å². The Kier molecular flexibility index (Phi) is 5.26. The predicted molar refractivity (Wildman–Crippen MR) is 98.5 cm³/mol. The number of hydrogen-bond acceptors (Lipinski definition) is 4. The van der Waals surface area contributed by atoms with Crippen LogP contribution >= 0.6 is 0 Å². The van der Waals surface area contributed by atoms with E-state index in [0.717, 1.165) is 4.57 Å². The van der Waals surface area contributed by atoms with Crippen molar-refractivity contribution >= 4 is 22.8 Å². The molecule has 0 aliphatic rings. The van der Waals surface area contributed by atoms with Gasteiger partial charge in [-0.25, -0.2) is 9.97 Å². The van der Waals surface area contributed by atoms with Crippen LogP contribution in [0.15, 0.2) is 36.5 Å². The lowest BCUT2D eigenvalue weighted by atomic mass is 10.1. The van der Waals surface area contributed by atoms with Gasteiger partial charge in [-0.2, -0.15) is 13.2 Å². The Labute approximate surface area is 159 Å². The van der Waals surface area contributed by atoms with Gasteiger partial charge in [0, 0.05) is 12.0 Å². The lowest BCUT2D eigenvalue weighted by Gasteiger charge is -2.13. The van der Waals surface area contributed by atoms with Crippen LogP contribution in [0.5, 0.6) is 5.75 Å². The molecular formula is C19H19F3N4O2. The number of imidazole rings is 1. The Morgan fingerprint density at radius 2 is 2.04 bits per heavy atom. The van der Waals surface area contributed by atoms with Gasteiger partial charge >= 0.3 is 6.18 Å². The van der Waals surface area contributed by atoms with Crippen molar-refractivity contribution in [2.45, 2.75) is 26.4 Å². The van der Waals surface area contributed by atoms with E-state index in [4.69, 9.17) is 4.74 Å². The Balaban J connectivity index is 2.04. The summed E-state index contributed by atoms with van der Waals surface area (Å²) in [5, 5.41) is 2.65.